The second-order valence-electron chi connectivity index (χ2n) is 10.7. The number of fused-ring (bicyclic) bond motifs is 2. The fraction of sp³-hybridized carbons (Fsp3) is 0.135. The van der Waals surface area contributed by atoms with Crippen LogP contribution >= 0.6 is 0 Å². The molecule has 0 spiro atoms. The highest BCUT2D eigenvalue weighted by molar-refractivity contribution is 6.09. The van der Waals surface area contributed by atoms with Crippen LogP contribution in [-0.2, 0) is 0 Å². The summed E-state index contributed by atoms with van der Waals surface area (Å²) < 4.78 is 7.05. The molecule has 0 bridgehead atoms. The molecule has 1 nitrogen and oxygen atoms in total. The van der Waals surface area contributed by atoms with Crippen LogP contribution in [0.3, 0.4) is 0 Å². The molecule has 0 fully saturated rings. The molecule has 38 heavy (non-hydrogen) atoms. The summed E-state index contributed by atoms with van der Waals surface area (Å²) in [6.45, 7) is 6.89. The molecule has 0 N–H and O–H groups in total. The molecular weight excluding hydrogens is 460 g/mol. The molecule has 5 aromatic carbocycles. The standard InChI is InChI=1S/C37H30O/c1-23(2)27-17-10-18-28-24(3)29-19-11-22-32-35(29)37(34(27)28)38-36(32)31-21-12-20-30(25-13-6-4-7-14-25)33(31)26-15-8-5-9-16-26/h4-24H,1-3H3. The van der Waals surface area contributed by atoms with Gasteiger partial charge in [-0.05, 0) is 39.3 Å². The first-order valence-electron chi connectivity index (χ1n) is 13.6. The number of furan rings is 1. The summed E-state index contributed by atoms with van der Waals surface area (Å²) in [5.74, 6) is 2.70. The van der Waals surface area contributed by atoms with Crippen molar-refractivity contribution < 1.29 is 4.42 Å². The second-order valence-corrected chi connectivity index (χ2v) is 10.7. The van der Waals surface area contributed by atoms with Gasteiger partial charge in [0.05, 0.1) is 0 Å². The molecule has 0 saturated carbocycles. The first kappa shape index (κ1) is 22.8. The van der Waals surface area contributed by atoms with Gasteiger partial charge < -0.3 is 4.42 Å². The van der Waals surface area contributed by atoms with Crippen molar-refractivity contribution in [3.8, 4) is 44.9 Å². The lowest BCUT2D eigenvalue weighted by Gasteiger charge is -2.25. The number of hydrogen-bond acceptors (Lipinski definition) is 1. The highest BCUT2D eigenvalue weighted by Crippen LogP contribution is 2.53. The zero-order chi connectivity index (χ0) is 25.8. The van der Waals surface area contributed by atoms with Crippen molar-refractivity contribution in [2.24, 2.45) is 0 Å². The SMILES string of the molecule is CC(C)c1cccc2c1-c1oc(-c3cccc(-c4ccccc4)c3-c3ccccc3)c3cccc(c13)C2C. The van der Waals surface area contributed by atoms with E-state index in [1.807, 2.05) is 0 Å². The zero-order valence-corrected chi connectivity index (χ0v) is 22.0. The number of benzene rings is 5. The number of rotatable bonds is 4. The minimum absolute atomic E-state index is 0.314. The van der Waals surface area contributed by atoms with Crippen LogP contribution < -0.4 is 0 Å². The first-order valence-corrected chi connectivity index (χ1v) is 13.6. The molecule has 1 heterocycles. The average Bonchev–Trinajstić information content (AvgIpc) is 3.36. The Morgan fingerprint density at radius 1 is 0.553 bits per heavy atom. The van der Waals surface area contributed by atoms with Gasteiger partial charge >= 0.3 is 0 Å². The van der Waals surface area contributed by atoms with Crippen molar-refractivity contribution >= 4 is 10.8 Å². The molecule has 0 saturated heterocycles. The van der Waals surface area contributed by atoms with Crippen molar-refractivity contribution in [3.63, 3.8) is 0 Å². The molecule has 6 aromatic rings. The summed E-state index contributed by atoms with van der Waals surface area (Å²) in [5, 5.41) is 2.45. The fourth-order valence-electron chi connectivity index (χ4n) is 6.33. The molecule has 0 amide bonds. The van der Waals surface area contributed by atoms with Gasteiger partial charge in [0.1, 0.15) is 11.5 Å². The van der Waals surface area contributed by atoms with Crippen LogP contribution in [0.2, 0.25) is 0 Å². The van der Waals surface area contributed by atoms with E-state index in [0.717, 1.165) is 17.1 Å². The van der Waals surface area contributed by atoms with E-state index in [1.165, 1.54) is 55.3 Å². The highest BCUT2D eigenvalue weighted by Gasteiger charge is 2.32. The maximum atomic E-state index is 7.05. The molecule has 7 rings (SSSR count). The Kier molecular flexibility index (Phi) is 5.33. The van der Waals surface area contributed by atoms with Crippen LogP contribution in [0.5, 0.6) is 0 Å². The van der Waals surface area contributed by atoms with Gasteiger partial charge in [0.25, 0.3) is 0 Å². The van der Waals surface area contributed by atoms with Crippen LogP contribution in [0.15, 0.2) is 120 Å². The molecule has 1 aliphatic carbocycles. The Hall–Kier alpha value is -4.36. The minimum Gasteiger partial charge on any atom is -0.455 e. The molecule has 184 valence electrons. The largest absolute Gasteiger partial charge is 0.455 e. The molecule has 1 heteroatoms. The highest BCUT2D eigenvalue weighted by atomic mass is 16.3. The van der Waals surface area contributed by atoms with Gasteiger partial charge in [-0.25, -0.2) is 0 Å². The molecule has 1 unspecified atom stereocenters. The van der Waals surface area contributed by atoms with Gasteiger partial charge in [0.15, 0.2) is 0 Å². The molecule has 0 radical (unpaired) electrons. The third-order valence-corrected chi connectivity index (χ3v) is 8.14. The van der Waals surface area contributed by atoms with E-state index in [2.05, 4.69) is 136 Å². The van der Waals surface area contributed by atoms with E-state index in [9.17, 15) is 0 Å². The van der Waals surface area contributed by atoms with Gasteiger partial charge in [0, 0.05) is 33.4 Å². The summed E-state index contributed by atoms with van der Waals surface area (Å²) in [6.07, 6.45) is 0. The monoisotopic (exact) mass is 490 g/mol. The van der Waals surface area contributed by atoms with Crippen LogP contribution in [-0.4, -0.2) is 0 Å². The van der Waals surface area contributed by atoms with Gasteiger partial charge in [-0.1, -0.05) is 136 Å². The van der Waals surface area contributed by atoms with Crippen molar-refractivity contribution in [2.75, 3.05) is 0 Å². The van der Waals surface area contributed by atoms with Crippen LogP contribution in [0.4, 0.5) is 0 Å². The van der Waals surface area contributed by atoms with Crippen LogP contribution in [0.1, 0.15) is 49.3 Å². The van der Waals surface area contributed by atoms with E-state index in [1.54, 1.807) is 0 Å². The van der Waals surface area contributed by atoms with Crippen molar-refractivity contribution in [1.82, 2.24) is 0 Å². The molecule has 0 aliphatic heterocycles. The Morgan fingerprint density at radius 2 is 1.18 bits per heavy atom. The van der Waals surface area contributed by atoms with Gasteiger partial charge in [-0.3, -0.25) is 0 Å². The van der Waals surface area contributed by atoms with Crippen molar-refractivity contribution in [3.05, 3.63) is 132 Å². The van der Waals surface area contributed by atoms with E-state index < -0.39 is 0 Å². The van der Waals surface area contributed by atoms with E-state index in [-0.39, 0.29) is 0 Å². The van der Waals surface area contributed by atoms with Gasteiger partial charge in [-0.2, -0.15) is 0 Å². The van der Waals surface area contributed by atoms with Gasteiger partial charge in [0.2, 0.25) is 0 Å². The second kappa shape index (κ2) is 8.89. The first-order chi connectivity index (χ1) is 18.6. The number of hydrogen-bond donors (Lipinski definition) is 0. The molecular formula is C37H30O. The Morgan fingerprint density at radius 3 is 1.92 bits per heavy atom. The smallest absolute Gasteiger partial charge is 0.143 e. The fourth-order valence-corrected chi connectivity index (χ4v) is 6.33. The normalized spacial score (nSPS) is 14.2. The van der Waals surface area contributed by atoms with Gasteiger partial charge in [-0.15, -0.1) is 0 Å². The van der Waals surface area contributed by atoms with E-state index in [4.69, 9.17) is 4.42 Å². The lowest BCUT2D eigenvalue weighted by molar-refractivity contribution is 0.597. The average molecular weight is 491 g/mol. The molecule has 1 atom stereocenters. The molecule has 1 aromatic heterocycles. The summed E-state index contributed by atoms with van der Waals surface area (Å²) in [5.41, 5.74) is 11.3. The summed E-state index contributed by atoms with van der Waals surface area (Å²) in [6, 6.07) is 41.5. The molecule has 1 aliphatic rings. The van der Waals surface area contributed by atoms with Crippen molar-refractivity contribution in [2.45, 2.75) is 32.6 Å². The minimum atomic E-state index is 0.314. The van der Waals surface area contributed by atoms with E-state index >= 15 is 0 Å². The topological polar surface area (TPSA) is 13.1 Å². The lowest BCUT2D eigenvalue weighted by Crippen LogP contribution is -2.07. The third-order valence-electron chi connectivity index (χ3n) is 8.14. The Balaban J connectivity index is 1.58. The summed E-state index contributed by atoms with van der Waals surface area (Å²) in [4.78, 5) is 0. The van der Waals surface area contributed by atoms with Crippen LogP contribution in [0, 0.1) is 0 Å². The van der Waals surface area contributed by atoms with Crippen LogP contribution in [0.25, 0.3) is 55.7 Å². The Labute approximate surface area is 224 Å². The summed E-state index contributed by atoms with van der Waals surface area (Å²) in [7, 11) is 0. The maximum Gasteiger partial charge on any atom is 0.143 e. The zero-order valence-electron chi connectivity index (χ0n) is 22.0. The predicted octanol–water partition coefficient (Wildman–Crippen LogP) is 10.7. The maximum absolute atomic E-state index is 7.05. The van der Waals surface area contributed by atoms with E-state index in [0.29, 0.717) is 11.8 Å². The van der Waals surface area contributed by atoms with Crippen molar-refractivity contribution in [1.29, 1.82) is 0 Å². The lowest BCUT2D eigenvalue weighted by atomic mass is 9.77. The quantitative estimate of drug-likeness (QED) is 0.239. The predicted molar refractivity (Wildman–Crippen MR) is 160 cm³/mol. The summed E-state index contributed by atoms with van der Waals surface area (Å²) >= 11 is 0. The Bertz CT molecular complexity index is 1790. The third kappa shape index (κ3) is 3.39.